The van der Waals surface area contributed by atoms with Crippen LogP contribution in [0.3, 0.4) is 0 Å². The molecule has 2 heterocycles. The molecule has 0 atom stereocenters. The SMILES string of the molecule is Cc1ccc(Cc2csc(N3CCC(S(=O)(=O)c4ccc(Cl)cc4Cl)CC3)n2)cc1C. The number of aryl methyl sites for hydroxylation is 2. The highest BCUT2D eigenvalue weighted by Crippen LogP contribution is 2.33. The van der Waals surface area contributed by atoms with Crippen molar-refractivity contribution in [3.8, 4) is 0 Å². The molecule has 3 aromatic rings. The van der Waals surface area contributed by atoms with E-state index in [9.17, 15) is 8.42 Å². The minimum Gasteiger partial charge on any atom is -0.348 e. The van der Waals surface area contributed by atoms with Gasteiger partial charge in [0.15, 0.2) is 15.0 Å². The van der Waals surface area contributed by atoms with Crippen LogP contribution in [0.4, 0.5) is 5.13 Å². The van der Waals surface area contributed by atoms with Crippen molar-refractivity contribution in [3.05, 3.63) is 74.2 Å². The smallest absolute Gasteiger partial charge is 0.185 e. The lowest BCUT2D eigenvalue weighted by Gasteiger charge is -2.31. The highest BCUT2D eigenvalue weighted by Gasteiger charge is 2.33. The van der Waals surface area contributed by atoms with E-state index in [0.29, 0.717) is 31.0 Å². The summed E-state index contributed by atoms with van der Waals surface area (Å²) in [5.74, 6) is 0. The molecule has 31 heavy (non-hydrogen) atoms. The summed E-state index contributed by atoms with van der Waals surface area (Å²) in [5.41, 5.74) is 4.88. The van der Waals surface area contributed by atoms with Crippen LogP contribution in [0.15, 0.2) is 46.7 Å². The number of sulfone groups is 1. The van der Waals surface area contributed by atoms with Crippen LogP contribution in [0.1, 0.15) is 35.2 Å². The Balaban J connectivity index is 1.41. The van der Waals surface area contributed by atoms with Crippen molar-refractivity contribution in [1.29, 1.82) is 0 Å². The largest absolute Gasteiger partial charge is 0.348 e. The molecule has 0 unspecified atom stereocenters. The number of benzene rings is 2. The Labute approximate surface area is 197 Å². The molecule has 1 aliphatic heterocycles. The van der Waals surface area contributed by atoms with E-state index in [4.69, 9.17) is 28.2 Å². The van der Waals surface area contributed by atoms with Gasteiger partial charge in [0.1, 0.15) is 0 Å². The van der Waals surface area contributed by atoms with Crippen LogP contribution in [0.5, 0.6) is 0 Å². The summed E-state index contributed by atoms with van der Waals surface area (Å²) in [4.78, 5) is 7.16. The highest BCUT2D eigenvalue weighted by atomic mass is 35.5. The third-order valence-electron chi connectivity index (χ3n) is 5.85. The van der Waals surface area contributed by atoms with Gasteiger partial charge in [0.25, 0.3) is 0 Å². The van der Waals surface area contributed by atoms with E-state index < -0.39 is 15.1 Å². The van der Waals surface area contributed by atoms with Crippen LogP contribution in [-0.4, -0.2) is 31.7 Å². The van der Waals surface area contributed by atoms with Gasteiger partial charge in [-0.15, -0.1) is 11.3 Å². The average Bonchev–Trinajstić information content (AvgIpc) is 3.19. The maximum absolute atomic E-state index is 13.1. The topological polar surface area (TPSA) is 50.3 Å². The number of thiazole rings is 1. The van der Waals surface area contributed by atoms with Gasteiger partial charge in [-0.05, 0) is 61.6 Å². The van der Waals surface area contributed by atoms with E-state index >= 15 is 0 Å². The fourth-order valence-corrected chi connectivity index (χ4v) is 7.28. The third kappa shape index (κ3) is 4.92. The lowest BCUT2D eigenvalue weighted by Crippen LogP contribution is -2.39. The first-order valence-electron chi connectivity index (χ1n) is 10.2. The summed E-state index contributed by atoms with van der Waals surface area (Å²) in [5, 5.41) is 3.22. The van der Waals surface area contributed by atoms with Gasteiger partial charge in [-0.25, -0.2) is 13.4 Å². The van der Waals surface area contributed by atoms with Gasteiger partial charge in [0.05, 0.1) is 20.9 Å². The minimum absolute atomic E-state index is 0.168. The second-order valence-electron chi connectivity index (χ2n) is 8.02. The van der Waals surface area contributed by atoms with E-state index in [0.717, 1.165) is 17.2 Å². The number of piperidine rings is 1. The van der Waals surface area contributed by atoms with Crippen molar-refractivity contribution in [1.82, 2.24) is 4.98 Å². The van der Waals surface area contributed by atoms with Gasteiger partial charge < -0.3 is 4.90 Å². The van der Waals surface area contributed by atoms with E-state index in [1.165, 1.54) is 28.8 Å². The number of anilines is 1. The van der Waals surface area contributed by atoms with E-state index in [2.05, 4.69) is 42.3 Å². The Morgan fingerprint density at radius 3 is 2.48 bits per heavy atom. The first kappa shape index (κ1) is 22.6. The molecule has 164 valence electrons. The third-order valence-corrected chi connectivity index (χ3v) is 9.78. The first-order valence-corrected chi connectivity index (χ1v) is 13.4. The van der Waals surface area contributed by atoms with Crippen LogP contribution in [0, 0.1) is 13.8 Å². The van der Waals surface area contributed by atoms with Crippen molar-refractivity contribution >= 4 is 49.5 Å². The van der Waals surface area contributed by atoms with Crippen molar-refractivity contribution in [2.45, 2.75) is 43.3 Å². The summed E-state index contributed by atoms with van der Waals surface area (Å²) in [7, 11) is -3.49. The number of rotatable bonds is 5. The van der Waals surface area contributed by atoms with E-state index in [-0.39, 0.29) is 9.92 Å². The number of hydrogen-bond acceptors (Lipinski definition) is 5. The molecule has 4 rings (SSSR count). The molecule has 4 nitrogen and oxygen atoms in total. The molecule has 1 aromatic heterocycles. The Bertz CT molecular complexity index is 1200. The molecule has 0 spiro atoms. The zero-order valence-electron chi connectivity index (χ0n) is 17.4. The van der Waals surface area contributed by atoms with Crippen LogP contribution in [-0.2, 0) is 16.3 Å². The number of aromatic nitrogens is 1. The molecule has 0 radical (unpaired) electrons. The second kappa shape index (κ2) is 9.10. The zero-order chi connectivity index (χ0) is 22.2. The van der Waals surface area contributed by atoms with Crippen LogP contribution in [0.25, 0.3) is 0 Å². The summed E-state index contributed by atoms with van der Waals surface area (Å²) < 4.78 is 26.1. The van der Waals surface area contributed by atoms with Crippen molar-refractivity contribution < 1.29 is 8.42 Å². The first-order chi connectivity index (χ1) is 14.7. The quantitative estimate of drug-likeness (QED) is 0.429. The van der Waals surface area contributed by atoms with Gasteiger partial charge in [0, 0.05) is 29.9 Å². The molecular weight excluding hydrogens is 471 g/mol. The lowest BCUT2D eigenvalue weighted by molar-refractivity contribution is 0.529. The monoisotopic (exact) mass is 494 g/mol. The Morgan fingerprint density at radius 1 is 1.06 bits per heavy atom. The molecule has 8 heteroatoms. The molecule has 0 saturated carbocycles. The molecule has 1 saturated heterocycles. The number of nitrogens with zero attached hydrogens (tertiary/aromatic N) is 2. The summed E-state index contributed by atoms with van der Waals surface area (Å²) in [6.07, 6.45) is 1.90. The molecular formula is C23H24Cl2N2O2S2. The molecule has 0 amide bonds. The predicted molar refractivity (Wildman–Crippen MR) is 130 cm³/mol. The molecule has 0 aliphatic carbocycles. The van der Waals surface area contributed by atoms with Crippen molar-refractivity contribution in [2.75, 3.05) is 18.0 Å². The van der Waals surface area contributed by atoms with Crippen LogP contribution < -0.4 is 4.90 Å². The molecule has 1 aliphatic rings. The van der Waals surface area contributed by atoms with E-state index in [1.54, 1.807) is 17.4 Å². The number of hydrogen-bond donors (Lipinski definition) is 0. The second-order valence-corrected chi connectivity index (χ2v) is 11.9. The summed E-state index contributed by atoms with van der Waals surface area (Å²) in [6, 6.07) is 11.1. The minimum atomic E-state index is -3.49. The standard InChI is InChI=1S/C23H24Cl2N2O2S2/c1-15-3-4-17(11-16(15)2)12-19-14-30-23(26-19)27-9-7-20(8-10-27)31(28,29)22-6-5-18(24)13-21(22)25/h3-6,11,13-14,20H,7-10,12H2,1-2H3. The summed E-state index contributed by atoms with van der Waals surface area (Å²) >= 11 is 13.7. The molecule has 0 bridgehead atoms. The van der Waals surface area contributed by atoms with Gasteiger partial charge in [-0.1, -0.05) is 41.4 Å². The van der Waals surface area contributed by atoms with Gasteiger partial charge in [-0.2, -0.15) is 0 Å². The fraction of sp³-hybridized carbons (Fsp3) is 0.348. The Kier molecular flexibility index (Phi) is 6.63. The van der Waals surface area contributed by atoms with Gasteiger partial charge >= 0.3 is 0 Å². The van der Waals surface area contributed by atoms with Crippen molar-refractivity contribution in [2.24, 2.45) is 0 Å². The normalized spacial score (nSPS) is 15.4. The maximum atomic E-state index is 13.1. The van der Waals surface area contributed by atoms with Gasteiger partial charge in [0.2, 0.25) is 0 Å². The summed E-state index contributed by atoms with van der Waals surface area (Å²) in [6.45, 7) is 5.56. The Hall–Kier alpha value is -1.60. The van der Waals surface area contributed by atoms with Crippen LogP contribution in [0.2, 0.25) is 10.0 Å². The van der Waals surface area contributed by atoms with Gasteiger partial charge in [-0.3, -0.25) is 0 Å². The Morgan fingerprint density at radius 2 is 1.81 bits per heavy atom. The van der Waals surface area contributed by atoms with E-state index in [1.807, 2.05) is 0 Å². The predicted octanol–water partition coefficient (Wildman–Crippen LogP) is 6.10. The molecule has 0 N–H and O–H groups in total. The molecule has 2 aromatic carbocycles. The fourth-order valence-electron chi connectivity index (χ4n) is 3.89. The van der Waals surface area contributed by atoms with Crippen molar-refractivity contribution in [3.63, 3.8) is 0 Å². The van der Waals surface area contributed by atoms with Crippen LogP contribution >= 0.6 is 34.5 Å². The maximum Gasteiger partial charge on any atom is 0.185 e. The lowest BCUT2D eigenvalue weighted by atomic mass is 10.0. The highest BCUT2D eigenvalue weighted by molar-refractivity contribution is 7.92. The zero-order valence-corrected chi connectivity index (χ0v) is 20.6. The molecule has 1 fully saturated rings. The average molecular weight is 495 g/mol. The number of halogens is 2.